The average Bonchev–Trinajstić information content (AvgIpc) is 3.43. The van der Waals surface area contributed by atoms with Crippen molar-refractivity contribution in [1.29, 1.82) is 0 Å². The fraction of sp³-hybridized carbons (Fsp3) is 0.552. The normalized spacial score (nSPS) is 20.9. The maximum absolute atomic E-state index is 4.38. The minimum Gasteiger partial charge on any atom is -0.354 e. The quantitative estimate of drug-likeness (QED) is 0.495. The molecule has 1 N–H and O–H groups in total. The van der Waals surface area contributed by atoms with Crippen molar-refractivity contribution in [3.63, 3.8) is 0 Å². The van der Waals surface area contributed by atoms with Crippen LogP contribution in [0.2, 0.25) is 0 Å². The second-order valence-electron chi connectivity index (χ2n) is 10.5. The second-order valence-corrected chi connectivity index (χ2v) is 10.5. The first-order valence-corrected chi connectivity index (χ1v) is 13.1. The fourth-order valence-electron chi connectivity index (χ4n) is 6.31. The van der Waals surface area contributed by atoms with Gasteiger partial charge >= 0.3 is 0 Å². The molecule has 0 unspecified atom stereocenters. The molecule has 4 heterocycles. The SMILES string of the molecule is CCc1c(-c2ccnc(C)c2)[nH]c2ccc(C3CCN(C[C@@H]4CCCN4C(C)C)CC3)cc12. The van der Waals surface area contributed by atoms with Crippen LogP contribution in [-0.2, 0) is 6.42 Å². The summed E-state index contributed by atoms with van der Waals surface area (Å²) in [6.45, 7) is 14.1. The van der Waals surface area contributed by atoms with E-state index in [1.54, 1.807) is 0 Å². The maximum atomic E-state index is 4.38. The lowest BCUT2D eigenvalue weighted by Gasteiger charge is -2.37. The minimum atomic E-state index is 0.678. The van der Waals surface area contributed by atoms with E-state index in [4.69, 9.17) is 0 Å². The fourth-order valence-corrected chi connectivity index (χ4v) is 6.31. The Kier molecular flexibility index (Phi) is 6.58. The van der Waals surface area contributed by atoms with Crippen LogP contribution in [0.15, 0.2) is 36.5 Å². The Morgan fingerprint density at radius 2 is 1.88 bits per heavy atom. The van der Waals surface area contributed by atoms with Crippen molar-refractivity contribution >= 4 is 10.9 Å². The molecular formula is C29H40N4. The van der Waals surface area contributed by atoms with Gasteiger partial charge in [-0.15, -0.1) is 0 Å². The molecule has 33 heavy (non-hydrogen) atoms. The van der Waals surface area contributed by atoms with E-state index >= 15 is 0 Å². The number of benzene rings is 1. The molecule has 0 radical (unpaired) electrons. The van der Waals surface area contributed by atoms with Gasteiger partial charge in [0.15, 0.2) is 0 Å². The first-order chi connectivity index (χ1) is 16.0. The van der Waals surface area contributed by atoms with Crippen LogP contribution in [0.3, 0.4) is 0 Å². The standard InChI is InChI=1S/C29H40N4/c1-5-26-27-18-23(8-9-28(27)31-29(26)24-10-13-30-21(4)17-24)22-11-15-32(16-12-22)19-25-7-6-14-33(25)20(2)3/h8-10,13,17-18,20,22,25,31H,5-7,11-12,14-16,19H2,1-4H3/t25-/m0/s1. The van der Waals surface area contributed by atoms with Crippen molar-refractivity contribution in [2.75, 3.05) is 26.2 Å². The number of H-pyrrole nitrogens is 1. The summed E-state index contributed by atoms with van der Waals surface area (Å²) < 4.78 is 0. The van der Waals surface area contributed by atoms with Crippen molar-refractivity contribution in [3.8, 4) is 11.3 Å². The number of likely N-dealkylation sites (tertiary alicyclic amines) is 2. The molecule has 0 spiro atoms. The van der Waals surface area contributed by atoms with Crippen molar-refractivity contribution in [1.82, 2.24) is 19.8 Å². The number of fused-ring (bicyclic) bond motifs is 1. The number of pyridine rings is 1. The van der Waals surface area contributed by atoms with Crippen molar-refractivity contribution in [2.45, 2.75) is 77.8 Å². The summed E-state index contributed by atoms with van der Waals surface area (Å²) in [5.41, 5.74) is 7.79. The molecule has 0 aliphatic carbocycles. The highest BCUT2D eigenvalue weighted by Crippen LogP contribution is 2.35. The third-order valence-electron chi connectivity index (χ3n) is 8.08. The number of piperidine rings is 1. The predicted octanol–water partition coefficient (Wildman–Crippen LogP) is 6.15. The van der Waals surface area contributed by atoms with Gasteiger partial charge in [0, 0.05) is 52.7 Å². The van der Waals surface area contributed by atoms with Gasteiger partial charge in [-0.3, -0.25) is 9.88 Å². The number of hydrogen-bond donors (Lipinski definition) is 1. The van der Waals surface area contributed by atoms with Crippen LogP contribution in [0.4, 0.5) is 0 Å². The van der Waals surface area contributed by atoms with Crippen molar-refractivity contribution in [3.05, 3.63) is 53.3 Å². The summed E-state index contributed by atoms with van der Waals surface area (Å²) in [7, 11) is 0. The molecule has 2 aliphatic rings. The Hall–Kier alpha value is -2.17. The van der Waals surface area contributed by atoms with E-state index in [9.17, 15) is 0 Å². The molecule has 2 aromatic heterocycles. The number of aromatic nitrogens is 2. The monoisotopic (exact) mass is 444 g/mol. The smallest absolute Gasteiger partial charge is 0.0498 e. The van der Waals surface area contributed by atoms with Gasteiger partial charge in [-0.2, -0.15) is 0 Å². The predicted molar refractivity (Wildman–Crippen MR) is 139 cm³/mol. The number of nitrogens with one attached hydrogen (secondary N) is 1. The highest BCUT2D eigenvalue weighted by Gasteiger charge is 2.30. The highest BCUT2D eigenvalue weighted by molar-refractivity contribution is 5.91. The van der Waals surface area contributed by atoms with Gasteiger partial charge in [0.05, 0.1) is 0 Å². The van der Waals surface area contributed by atoms with E-state index in [-0.39, 0.29) is 0 Å². The minimum absolute atomic E-state index is 0.678. The molecule has 1 aromatic carbocycles. The first kappa shape index (κ1) is 22.6. The third kappa shape index (κ3) is 4.61. The number of hydrogen-bond acceptors (Lipinski definition) is 3. The lowest BCUT2D eigenvalue weighted by atomic mass is 9.88. The Morgan fingerprint density at radius 3 is 2.61 bits per heavy atom. The number of nitrogens with zero attached hydrogens (tertiary/aromatic N) is 3. The Morgan fingerprint density at radius 1 is 1.06 bits per heavy atom. The largest absolute Gasteiger partial charge is 0.354 e. The van der Waals surface area contributed by atoms with E-state index < -0.39 is 0 Å². The second kappa shape index (κ2) is 9.60. The van der Waals surface area contributed by atoms with E-state index in [2.05, 4.69) is 77.8 Å². The molecule has 3 aromatic rings. The molecule has 1 atom stereocenters. The van der Waals surface area contributed by atoms with Gasteiger partial charge in [0.2, 0.25) is 0 Å². The zero-order chi connectivity index (χ0) is 22.9. The summed E-state index contributed by atoms with van der Waals surface area (Å²) in [6, 6.07) is 12.9. The van der Waals surface area contributed by atoms with Gasteiger partial charge in [-0.25, -0.2) is 0 Å². The number of aromatic amines is 1. The molecule has 5 rings (SSSR count). The lowest BCUT2D eigenvalue weighted by molar-refractivity contribution is 0.127. The van der Waals surface area contributed by atoms with Gasteiger partial charge < -0.3 is 9.88 Å². The van der Waals surface area contributed by atoms with Gasteiger partial charge in [0.25, 0.3) is 0 Å². The van der Waals surface area contributed by atoms with E-state index in [1.165, 1.54) is 85.1 Å². The van der Waals surface area contributed by atoms with Gasteiger partial charge in [-0.1, -0.05) is 13.0 Å². The molecule has 4 nitrogen and oxygen atoms in total. The summed E-state index contributed by atoms with van der Waals surface area (Å²) in [5, 5.41) is 1.40. The lowest BCUT2D eigenvalue weighted by Crippen LogP contribution is -2.45. The first-order valence-electron chi connectivity index (χ1n) is 13.1. The van der Waals surface area contributed by atoms with Crippen LogP contribution in [-0.4, -0.2) is 58.0 Å². The van der Waals surface area contributed by atoms with E-state index in [0.717, 1.165) is 18.2 Å². The van der Waals surface area contributed by atoms with E-state index in [0.29, 0.717) is 12.0 Å². The summed E-state index contributed by atoms with van der Waals surface area (Å²) in [6.07, 6.45) is 8.26. The average molecular weight is 445 g/mol. The Labute approximate surface area is 199 Å². The summed E-state index contributed by atoms with van der Waals surface area (Å²) in [4.78, 5) is 13.5. The molecule has 0 bridgehead atoms. The Bertz CT molecular complexity index is 1090. The van der Waals surface area contributed by atoms with Gasteiger partial charge in [-0.05, 0) is 114 Å². The molecule has 0 saturated carbocycles. The molecule has 2 saturated heterocycles. The third-order valence-corrected chi connectivity index (χ3v) is 8.08. The topological polar surface area (TPSA) is 35.2 Å². The zero-order valence-electron chi connectivity index (χ0n) is 20.9. The zero-order valence-corrected chi connectivity index (χ0v) is 20.9. The van der Waals surface area contributed by atoms with Gasteiger partial charge in [0.1, 0.15) is 0 Å². The molecule has 2 aliphatic heterocycles. The van der Waals surface area contributed by atoms with Crippen LogP contribution in [0.1, 0.15) is 69.2 Å². The van der Waals surface area contributed by atoms with Crippen molar-refractivity contribution in [2.24, 2.45) is 0 Å². The number of rotatable bonds is 6. The molecule has 0 amide bonds. The Balaban J connectivity index is 1.31. The molecule has 4 heteroatoms. The van der Waals surface area contributed by atoms with Crippen LogP contribution in [0.5, 0.6) is 0 Å². The van der Waals surface area contributed by atoms with Crippen LogP contribution < -0.4 is 0 Å². The summed E-state index contributed by atoms with van der Waals surface area (Å²) in [5.74, 6) is 0.682. The molecule has 2 fully saturated rings. The van der Waals surface area contributed by atoms with E-state index in [1.807, 2.05) is 6.20 Å². The van der Waals surface area contributed by atoms with Crippen molar-refractivity contribution < 1.29 is 0 Å². The van der Waals surface area contributed by atoms with Crippen LogP contribution in [0, 0.1) is 6.92 Å². The molecular weight excluding hydrogens is 404 g/mol. The highest BCUT2D eigenvalue weighted by atomic mass is 15.2. The summed E-state index contributed by atoms with van der Waals surface area (Å²) >= 11 is 0. The van der Waals surface area contributed by atoms with Crippen LogP contribution in [0.25, 0.3) is 22.2 Å². The molecule has 176 valence electrons. The van der Waals surface area contributed by atoms with Crippen LogP contribution >= 0.6 is 0 Å². The maximum Gasteiger partial charge on any atom is 0.0498 e. The number of aryl methyl sites for hydroxylation is 2.